The smallest absolute Gasteiger partial charge is 0.213 e. The Kier molecular flexibility index (Phi) is 4.58. The van der Waals surface area contributed by atoms with E-state index in [2.05, 4.69) is 26.9 Å². The predicted molar refractivity (Wildman–Crippen MR) is 70.9 cm³/mol. The van der Waals surface area contributed by atoms with Crippen molar-refractivity contribution >= 4 is 23.2 Å². The largest absolute Gasteiger partial charge is 0.343 e. The van der Waals surface area contributed by atoms with Crippen LogP contribution in [0.4, 0.5) is 0 Å². The van der Waals surface area contributed by atoms with Gasteiger partial charge < -0.3 is 9.84 Å². The Balaban J connectivity index is 1.87. The quantitative estimate of drug-likeness (QED) is 0.916. The lowest BCUT2D eigenvalue weighted by Crippen LogP contribution is -2.21. The average molecular weight is 286 g/mol. The Bertz CT molecular complexity index is 502. The topological polar surface area (TPSA) is 51.0 Å². The van der Waals surface area contributed by atoms with Gasteiger partial charge in [0.15, 0.2) is 5.82 Å². The normalized spacial score (nSPS) is 12.6. The van der Waals surface area contributed by atoms with Crippen LogP contribution in [0.1, 0.15) is 24.4 Å². The maximum Gasteiger partial charge on any atom is 0.213 e. The highest BCUT2D eigenvalue weighted by Gasteiger charge is 2.07. The molecule has 0 amide bonds. The van der Waals surface area contributed by atoms with E-state index in [-0.39, 0.29) is 6.04 Å². The van der Waals surface area contributed by atoms with Gasteiger partial charge in [0.2, 0.25) is 6.39 Å². The summed E-state index contributed by atoms with van der Waals surface area (Å²) in [5.74, 6) is 0.698. The molecule has 0 radical (unpaired) electrons. The van der Waals surface area contributed by atoms with Crippen LogP contribution in [0.15, 0.2) is 29.1 Å². The number of hydrogen-bond donors (Lipinski definition) is 1. The first kappa shape index (κ1) is 13.3. The molecule has 1 atom stereocenters. The molecule has 0 saturated heterocycles. The van der Waals surface area contributed by atoms with Crippen molar-refractivity contribution in [2.24, 2.45) is 0 Å². The van der Waals surface area contributed by atoms with Crippen molar-refractivity contribution in [3.63, 3.8) is 0 Å². The van der Waals surface area contributed by atoms with E-state index in [9.17, 15) is 0 Å². The summed E-state index contributed by atoms with van der Waals surface area (Å²) in [6, 6.07) is 5.82. The highest BCUT2D eigenvalue weighted by atomic mass is 35.5. The van der Waals surface area contributed by atoms with Gasteiger partial charge in [-0.25, -0.2) is 0 Å². The number of nitrogens with zero attached hydrogens (tertiary/aromatic N) is 2. The third-order valence-corrected chi connectivity index (χ3v) is 3.39. The van der Waals surface area contributed by atoms with Crippen LogP contribution in [-0.4, -0.2) is 16.7 Å². The molecule has 96 valence electrons. The van der Waals surface area contributed by atoms with Gasteiger partial charge in [-0.3, -0.25) is 0 Å². The van der Waals surface area contributed by atoms with Crippen molar-refractivity contribution in [1.82, 2.24) is 15.5 Å². The van der Waals surface area contributed by atoms with Gasteiger partial charge in [0.05, 0.1) is 10.0 Å². The third-order valence-electron chi connectivity index (χ3n) is 2.65. The first-order valence-electron chi connectivity index (χ1n) is 5.60. The summed E-state index contributed by atoms with van der Waals surface area (Å²) < 4.78 is 4.66. The van der Waals surface area contributed by atoms with Gasteiger partial charge in [-0.05, 0) is 24.6 Å². The van der Waals surface area contributed by atoms with Crippen molar-refractivity contribution in [2.45, 2.75) is 19.4 Å². The van der Waals surface area contributed by atoms with E-state index in [1.807, 2.05) is 12.1 Å². The van der Waals surface area contributed by atoms with Crippen molar-refractivity contribution in [3.8, 4) is 0 Å². The van der Waals surface area contributed by atoms with E-state index in [1.165, 1.54) is 6.39 Å². The second kappa shape index (κ2) is 6.18. The van der Waals surface area contributed by atoms with Gasteiger partial charge in [0, 0.05) is 19.0 Å². The first-order valence-corrected chi connectivity index (χ1v) is 6.36. The van der Waals surface area contributed by atoms with Gasteiger partial charge in [-0.15, -0.1) is 0 Å². The highest BCUT2D eigenvalue weighted by molar-refractivity contribution is 6.42. The van der Waals surface area contributed by atoms with Crippen LogP contribution in [0.2, 0.25) is 10.0 Å². The van der Waals surface area contributed by atoms with Crippen LogP contribution in [0.5, 0.6) is 0 Å². The molecule has 6 heteroatoms. The maximum atomic E-state index is 5.98. The van der Waals surface area contributed by atoms with Crippen molar-refractivity contribution in [3.05, 3.63) is 46.0 Å². The lowest BCUT2D eigenvalue weighted by molar-refractivity contribution is 0.408. The molecule has 18 heavy (non-hydrogen) atoms. The fraction of sp³-hybridized carbons (Fsp3) is 0.333. The maximum absolute atomic E-state index is 5.98. The van der Waals surface area contributed by atoms with E-state index in [0.717, 1.165) is 18.5 Å². The number of benzene rings is 1. The summed E-state index contributed by atoms with van der Waals surface area (Å²) in [7, 11) is 0. The molecular formula is C12H13Cl2N3O. The van der Waals surface area contributed by atoms with Crippen LogP contribution in [0.3, 0.4) is 0 Å². The standard InChI is InChI=1S/C12H13Cl2N3O/c1-8(9-2-3-10(13)11(14)6-9)15-5-4-12-16-7-18-17-12/h2-3,6-8,15H,4-5H2,1H3. The SMILES string of the molecule is CC(NCCc1ncon1)c1ccc(Cl)c(Cl)c1. The number of halogens is 2. The summed E-state index contributed by atoms with van der Waals surface area (Å²) in [6.07, 6.45) is 2.06. The molecule has 0 spiro atoms. The number of rotatable bonds is 5. The lowest BCUT2D eigenvalue weighted by atomic mass is 10.1. The van der Waals surface area contributed by atoms with E-state index in [0.29, 0.717) is 15.9 Å². The summed E-state index contributed by atoms with van der Waals surface area (Å²) in [5.41, 5.74) is 1.09. The zero-order valence-electron chi connectivity index (χ0n) is 9.86. The fourth-order valence-corrected chi connectivity index (χ4v) is 1.91. The third kappa shape index (κ3) is 3.45. The predicted octanol–water partition coefficient (Wildman–Crippen LogP) is 3.27. The molecule has 0 aliphatic heterocycles. The summed E-state index contributed by atoms with van der Waals surface area (Å²) in [6.45, 7) is 2.83. The summed E-state index contributed by atoms with van der Waals surface area (Å²) >= 11 is 11.9. The zero-order valence-corrected chi connectivity index (χ0v) is 11.4. The van der Waals surface area contributed by atoms with Crippen molar-refractivity contribution in [1.29, 1.82) is 0 Å². The zero-order chi connectivity index (χ0) is 13.0. The molecule has 1 unspecified atom stereocenters. The Morgan fingerprint density at radius 2 is 2.17 bits per heavy atom. The van der Waals surface area contributed by atoms with Crippen LogP contribution in [-0.2, 0) is 6.42 Å². The fourth-order valence-electron chi connectivity index (χ4n) is 1.60. The molecule has 1 N–H and O–H groups in total. The molecular weight excluding hydrogens is 273 g/mol. The minimum atomic E-state index is 0.187. The number of hydrogen-bond acceptors (Lipinski definition) is 4. The van der Waals surface area contributed by atoms with Crippen molar-refractivity contribution in [2.75, 3.05) is 6.54 Å². The van der Waals surface area contributed by atoms with Crippen LogP contribution < -0.4 is 5.32 Å². The van der Waals surface area contributed by atoms with Crippen LogP contribution in [0, 0.1) is 0 Å². The molecule has 1 aromatic carbocycles. The molecule has 1 aromatic heterocycles. The van der Waals surface area contributed by atoms with E-state index in [4.69, 9.17) is 23.2 Å². The molecule has 0 aliphatic rings. The minimum Gasteiger partial charge on any atom is -0.343 e. The molecule has 4 nitrogen and oxygen atoms in total. The molecule has 2 aromatic rings. The van der Waals surface area contributed by atoms with Gasteiger partial charge >= 0.3 is 0 Å². The van der Waals surface area contributed by atoms with E-state index >= 15 is 0 Å². The Labute approximate surface area is 115 Å². The van der Waals surface area contributed by atoms with E-state index in [1.54, 1.807) is 6.07 Å². The molecule has 2 rings (SSSR count). The Hall–Kier alpha value is -1.10. The molecule has 0 aliphatic carbocycles. The lowest BCUT2D eigenvalue weighted by Gasteiger charge is -2.14. The summed E-state index contributed by atoms with van der Waals surface area (Å²) in [5, 5.41) is 8.25. The second-order valence-corrected chi connectivity index (χ2v) is 4.76. The molecule has 0 fully saturated rings. The number of nitrogens with one attached hydrogen (secondary N) is 1. The first-order chi connectivity index (χ1) is 8.66. The molecule has 0 saturated carbocycles. The van der Waals surface area contributed by atoms with Gasteiger partial charge in [-0.1, -0.05) is 34.4 Å². The molecule has 1 heterocycles. The average Bonchev–Trinajstić information content (AvgIpc) is 2.85. The minimum absolute atomic E-state index is 0.187. The van der Waals surface area contributed by atoms with Crippen molar-refractivity contribution < 1.29 is 4.52 Å². The van der Waals surface area contributed by atoms with Gasteiger partial charge in [0.25, 0.3) is 0 Å². The van der Waals surface area contributed by atoms with Gasteiger partial charge in [-0.2, -0.15) is 4.98 Å². The Morgan fingerprint density at radius 1 is 1.33 bits per heavy atom. The second-order valence-electron chi connectivity index (χ2n) is 3.95. The van der Waals surface area contributed by atoms with E-state index < -0.39 is 0 Å². The Morgan fingerprint density at radius 3 is 2.83 bits per heavy atom. The highest BCUT2D eigenvalue weighted by Crippen LogP contribution is 2.25. The monoisotopic (exact) mass is 285 g/mol. The van der Waals surface area contributed by atoms with Crippen LogP contribution in [0.25, 0.3) is 0 Å². The van der Waals surface area contributed by atoms with Gasteiger partial charge in [0.1, 0.15) is 0 Å². The summed E-state index contributed by atoms with van der Waals surface area (Å²) in [4.78, 5) is 3.96. The molecule has 0 bridgehead atoms. The van der Waals surface area contributed by atoms with Crippen LogP contribution >= 0.6 is 23.2 Å². The number of aromatic nitrogens is 2.